The fourth-order valence-corrected chi connectivity index (χ4v) is 4.30. The molecule has 0 fully saturated rings. The lowest BCUT2D eigenvalue weighted by atomic mass is 9.91. The molecule has 1 aliphatic heterocycles. The van der Waals surface area contributed by atoms with Crippen LogP contribution in [0.25, 0.3) is 0 Å². The number of ether oxygens (including phenoxy) is 3. The summed E-state index contributed by atoms with van der Waals surface area (Å²) < 4.78 is 16.9. The molecule has 1 heterocycles. The Hall–Kier alpha value is -3.78. The lowest BCUT2D eigenvalue weighted by molar-refractivity contribution is -0.384. The van der Waals surface area contributed by atoms with E-state index in [1.54, 1.807) is 43.4 Å². The van der Waals surface area contributed by atoms with E-state index in [2.05, 4.69) is 0 Å². The zero-order valence-electron chi connectivity index (χ0n) is 18.7. The number of nitro benzene ring substituents is 1. The molecule has 0 spiro atoms. The van der Waals surface area contributed by atoms with E-state index < -0.39 is 11.0 Å². The lowest BCUT2D eigenvalue weighted by Gasteiger charge is -2.37. The van der Waals surface area contributed by atoms with Crippen LogP contribution in [0.5, 0.6) is 17.2 Å². The van der Waals surface area contributed by atoms with Crippen LogP contribution >= 0.6 is 11.6 Å². The van der Waals surface area contributed by atoms with Crippen molar-refractivity contribution in [3.8, 4) is 17.2 Å². The summed E-state index contributed by atoms with van der Waals surface area (Å²) in [4.78, 5) is 25.7. The molecule has 0 radical (unpaired) electrons. The highest BCUT2D eigenvalue weighted by molar-refractivity contribution is 6.33. The first-order valence-corrected chi connectivity index (χ1v) is 11.0. The van der Waals surface area contributed by atoms with E-state index in [9.17, 15) is 14.9 Å². The number of benzene rings is 3. The molecule has 3 aromatic rings. The SMILES string of the molecule is COc1cc2c(cc1OC)C(COc1ccc([N+](=O)[O-])cc1)N(C(=O)c1ccccc1Cl)CC2. The van der Waals surface area contributed by atoms with Crippen LogP contribution in [0.3, 0.4) is 0 Å². The molecule has 0 N–H and O–H groups in total. The van der Waals surface area contributed by atoms with Crippen molar-refractivity contribution in [2.75, 3.05) is 27.4 Å². The zero-order valence-corrected chi connectivity index (χ0v) is 19.4. The van der Waals surface area contributed by atoms with Crippen LogP contribution in [0, 0.1) is 10.1 Å². The van der Waals surface area contributed by atoms with E-state index in [0.717, 1.165) is 11.1 Å². The smallest absolute Gasteiger partial charge is 0.269 e. The molecule has 8 nitrogen and oxygen atoms in total. The number of carbonyl (C=O) groups is 1. The second kappa shape index (κ2) is 10.0. The van der Waals surface area contributed by atoms with Gasteiger partial charge in [-0.25, -0.2) is 0 Å². The topological polar surface area (TPSA) is 91.1 Å². The number of hydrogen-bond donors (Lipinski definition) is 0. The normalized spacial score (nSPS) is 14.8. The first-order valence-electron chi connectivity index (χ1n) is 10.6. The van der Waals surface area contributed by atoms with Crippen molar-refractivity contribution in [2.24, 2.45) is 0 Å². The standard InChI is InChI=1S/C25H23ClN2O6/c1-32-23-13-16-11-12-27(25(29)19-5-3-4-6-21(19)26)22(20(16)14-24(23)33-2)15-34-18-9-7-17(8-10-18)28(30)31/h3-10,13-14,22H,11-12,15H2,1-2H3. The highest BCUT2D eigenvalue weighted by Crippen LogP contribution is 2.39. The minimum atomic E-state index is -0.467. The van der Waals surface area contributed by atoms with Gasteiger partial charge >= 0.3 is 0 Å². The summed E-state index contributed by atoms with van der Waals surface area (Å²) in [6.45, 7) is 0.595. The molecule has 0 saturated heterocycles. The minimum absolute atomic E-state index is 0.0253. The molecule has 0 aromatic heterocycles. The predicted molar refractivity (Wildman–Crippen MR) is 127 cm³/mol. The number of hydrogen-bond acceptors (Lipinski definition) is 6. The van der Waals surface area contributed by atoms with E-state index in [1.807, 2.05) is 12.1 Å². The molecule has 9 heteroatoms. The van der Waals surface area contributed by atoms with Gasteiger partial charge in [0.1, 0.15) is 12.4 Å². The van der Waals surface area contributed by atoms with Crippen molar-refractivity contribution < 1.29 is 23.9 Å². The molecule has 0 bridgehead atoms. The van der Waals surface area contributed by atoms with Crippen LogP contribution in [0.2, 0.25) is 5.02 Å². The average Bonchev–Trinajstić information content (AvgIpc) is 2.86. The molecular weight excluding hydrogens is 460 g/mol. The predicted octanol–water partition coefficient (Wildman–Crippen LogP) is 5.08. The largest absolute Gasteiger partial charge is 0.493 e. The van der Waals surface area contributed by atoms with Crippen LogP contribution in [0.4, 0.5) is 5.69 Å². The number of rotatable bonds is 7. The quantitative estimate of drug-likeness (QED) is 0.344. The van der Waals surface area contributed by atoms with Crippen molar-refractivity contribution in [3.63, 3.8) is 0 Å². The number of non-ortho nitro benzene ring substituents is 1. The maximum Gasteiger partial charge on any atom is 0.269 e. The third-order valence-electron chi connectivity index (χ3n) is 5.82. The fourth-order valence-electron chi connectivity index (χ4n) is 4.08. The number of methoxy groups -OCH3 is 2. The van der Waals surface area contributed by atoms with Gasteiger partial charge < -0.3 is 19.1 Å². The highest BCUT2D eigenvalue weighted by Gasteiger charge is 2.34. The Kier molecular flexibility index (Phi) is 6.88. The van der Waals surface area contributed by atoms with E-state index >= 15 is 0 Å². The Morgan fingerprint density at radius 2 is 1.76 bits per heavy atom. The lowest BCUT2D eigenvalue weighted by Crippen LogP contribution is -2.42. The third kappa shape index (κ3) is 4.63. The van der Waals surface area contributed by atoms with E-state index in [-0.39, 0.29) is 18.2 Å². The van der Waals surface area contributed by atoms with Gasteiger partial charge in [0, 0.05) is 18.7 Å². The Labute approximate surface area is 201 Å². The van der Waals surface area contributed by atoms with Crippen molar-refractivity contribution in [1.29, 1.82) is 0 Å². The van der Waals surface area contributed by atoms with Gasteiger partial charge in [0.05, 0.1) is 35.8 Å². The Balaban J connectivity index is 1.69. The summed E-state index contributed by atoms with van der Waals surface area (Å²) in [6, 6.07) is 16.1. The second-order valence-electron chi connectivity index (χ2n) is 7.71. The molecule has 1 aliphatic rings. The number of nitro groups is 1. The molecule has 3 aromatic carbocycles. The number of carbonyl (C=O) groups excluding carboxylic acids is 1. The number of nitrogens with zero attached hydrogens (tertiary/aromatic N) is 2. The Morgan fingerprint density at radius 1 is 1.09 bits per heavy atom. The molecule has 0 aliphatic carbocycles. The van der Waals surface area contributed by atoms with Gasteiger partial charge in [-0.3, -0.25) is 14.9 Å². The monoisotopic (exact) mass is 482 g/mol. The second-order valence-corrected chi connectivity index (χ2v) is 8.12. The number of fused-ring (bicyclic) bond motifs is 1. The molecule has 34 heavy (non-hydrogen) atoms. The molecular formula is C25H23ClN2O6. The van der Waals surface area contributed by atoms with Gasteiger partial charge in [-0.05, 0) is 53.9 Å². The van der Waals surface area contributed by atoms with Crippen LogP contribution in [0.1, 0.15) is 27.5 Å². The molecule has 1 atom stereocenters. The van der Waals surface area contributed by atoms with Gasteiger partial charge in [0.15, 0.2) is 11.5 Å². The molecule has 176 valence electrons. The van der Waals surface area contributed by atoms with Crippen molar-refractivity contribution in [2.45, 2.75) is 12.5 Å². The van der Waals surface area contributed by atoms with Gasteiger partial charge in [-0.2, -0.15) is 0 Å². The third-order valence-corrected chi connectivity index (χ3v) is 6.15. The summed E-state index contributed by atoms with van der Waals surface area (Å²) in [6.07, 6.45) is 0.625. The first-order chi connectivity index (χ1) is 16.4. The van der Waals surface area contributed by atoms with E-state index in [0.29, 0.717) is 40.8 Å². The summed E-state index contributed by atoms with van der Waals surface area (Å²) >= 11 is 6.32. The van der Waals surface area contributed by atoms with Crippen molar-refractivity contribution >= 4 is 23.2 Å². The summed E-state index contributed by atoms with van der Waals surface area (Å²) in [5.74, 6) is 1.42. The zero-order chi connectivity index (χ0) is 24.2. The van der Waals surface area contributed by atoms with Crippen molar-refractivity contribution in [3.05, 3.63) is 92.5 Å². The molecule has 1 unspecified atom stereocenters. The maximum atomic E-state index is 13.5. The molecule has 1 amide bonds. The van der Waals surface area contributed by atoms with Crippen LogP contribution < -0.4 is 14.2 Å². The molecule has 4 rings (SSSR count). The number of halogens is 1. The maximum absolute atomic E-state index is 13.5. The average molecular weight is 483 g/mol. The minimum Gasteiger partial charge on any atom is -0.493 e. The number of amides is 1. The van der Waals surface area contributed by atoms with Crippen LogP contribution in [-0.4, -0.2) is 43.1 Å². The van der Waals surface area contributed by atoms with Gasteiger partial charge in [-0.15, -0.1) is 0 Å². The van der Waals surface area contributed by atoms with Crippen LogP contribution in [0.15, 0.2) is 60.7 Å². The van der Waals surface area contributed by atoms with E-state index in [4.69, 9.17) is 25.8 Å². The van der Waals surface area contributed by atoms with E-state index in [1.165, 1.54) is 24.3 Å². The highest BCUT2D eigenvalue weighted by atomic mass is 35.5. The van der Waals surface area contributed by atoms with Crippen molar-refractivity contribution in [1.82, 2.24) is 4.90 Å². The van der Waals surface area contributed by atoms with Gasteiger partial charge in [-0.1, -0.05) is 23.7 Å². The Bertz CT molecular complexity index is 1210. The summed E-state index contributed by atoms with van der Waals surface area (Å²) in [7, 11) is 3.14. The van der Waals surface area contributed by atoms with Gasteiger partial charge in [0.25, 0.3) is 11.6 Å². The summed E-state index contributed by atoms with van der Waals surface area (Å²) in [5.41, 5.74) is 2.29. The summed E-state index contributed by atoms with van der Waals surface area (Å²) in [5, 5.41) is 11.3. The molecule has 0 saturated carbocycles. The first kappa shape index (κ1) is 23.4. The Morgan fingerprint density at radius 3 is 2.41 bits per heavy atom. The van der Waals surface area contributed by atoms with Crippen LogP contribution in [-0.2, 0) is 6.42 Å². The van der Waals surface area contributed by atoms with Gasteiger partial charge in [0.2, 0.25) is 0 Å². The fraction of sp³-hybridized carbons (Fsp3) is 0.240.